The summed E-state index contributed by atoms with van der Waals surface area (Å²) in [4.78, 5) is 12.0. The van der Waals surface area contributed by atoms with Gasteiger partial charge >= 0.3 is 5.97 Å². The van der Waals surface area contributed by atoms with Crippen LogP contribution in [0.4, 0.5) is 0 Å². The molecule has 0 bridgehead atoms. The van der Waals surface area contributed by atoms with Gasteiger partial charge in [0.2, 0.25) is 0 Å². The number of hydrogen-bond donors (Lipinski definition) is 0. The van der Waals surface area contributed by atoms with Gasteiger partial charge in [0, 0.05) is 16.7 Å². The van der Waals surface area contributed by atoms with E-state index in [1.165, 1.54) is 0 Å². The van der Waals surface area contributed by atoms with E-state index < -0.39 is 12.1 Å². The van der Waals surface area contributed by atoms with Crippen molar-refractivity contribution in [2.45, 2.75) is 6.10 Å². The van der Waals surface area contributed by atoms with E-state index in [0.29, 0.717) is 17.7 Å². The molecule has 1 aliphatic heterocycles. The maximum atomic E-state index is 12.0. The molecule has 4 rings (SSSR count). The summed E-state index contributed by atoms with van der Waals surface area (Å²) in [5, 5.41) is 11.0. The predicted molar refractivity (Wildman–Crippen MR) is 124 cm³/mol. The second kappa shape index (κ2) is 9.90. The third kappa shape index (κ3) is 5.60. The zero-order valence-electron chi connectivity index (χ0n) is 17.4. The number of ether oxygens (including phenoxy) is 2. The standard InChI is InChI=1S/C29H15NO3/c1-2-3-4-5-6-27(33-29(31)28-20-32-28)24-13-9-21(10-14-24)7-8-22-11-15-26-18-23(19-30)12-16-25(26)17-22/h9-18,28H,1,20H2. The van der Waals surface area contributed by atoms with Gasteiger partial charge in [0.25, 0.3) is 0 Å². The SMILES string of the molecule is C=C=C=C=C=C=C(OC(=O)C1CO1)c1ccc(C#Cc2ccc3cc(C#N)ccc3c2)cc1. The van der Waals surface area contributed by atoms with Crippen LogP contribution in [0.25, 0.3) is 16.5 Å². The number of nitriles is 1. The first kappa shape index (κ1) is 21.3. The Labute approximate surface area is 191 Å². The first-order chi connectivity index (χ1) is 16.2. The summed E-state index contributed by atoms with van der Waals surface area (Å²) in [7, 11) is 0. The molecule has 0 amide bonds. The molecule has 0 aromatic heterocycles. The zero-order valence-corrected chi connectivity index (χ0v) is 17.4. The van der Waals surface area contributed by atoms with Crippen molar-refractivity contribution < 1.29 is 14.3 Å². The molecule has 0 radical (unpaired) electrons. The molecule has 0 saturated carbocycles. The van der Waals surface area contributed by atoms with Crippen molar-refractivity contribution in [2.75, 3.05) is 6.61 Å². The second-order valence-electron chi connectivity index (χ2n) is 6.96. The first-order valence-electron chi connectivity index (χ1n) is 9.96. The van der Waals surface area contributed by atoms with Crippen LogP contribution in [0.1, 0.15) is 22.3 Å². The van der Waals surface area contributed by atoms with Crippen molar-refractivity contribution in [1.82, 2.24) is 0 Å². The number of epoxide rings is 1. The monoisotopic (exact) mass is 425 g/mol. The lowest BCUT2D eigenvalue weighted by Crippen LogP contribution is -2.10. The normalized spacial score (nSPS) is 12.9. The minimum absolute atomic E-state index is 0.194. The molecule has 3 aromatic carbocycles. The van der Waals surface area contributed by atoms with Gasteiger partial charge in [0.15, 0.2) is 11.9 Å². The third-order valence-electron chi connectivity index (χ3n) is 4.66. The predicted octanol–water partition coefficient (Wildman–Crippen LogP) is 4.80. The lowest BCUT2D eigenvalue weighted by atomic mass is 10.0. The molecule has 0 aliphatic carbocycles. The van der Waals surface area contributed by atoms with Gasteiger partial charge in [-0.25, -0.2) is 4.79 Å². The molecular weight excluding hydrogens is 410 g/mol. The summed E-state index contributed by atoms with van der Waals surface area (Å²) < 4.78 is 10.4. The van der Waals surface area contributed by atoms with E-state index in [-0.39, 0.29) is 5.76 Å². The van der Waals surface area contributed by atoms with Crippen LogP contribution in [-0.2, 0) is 14.3 Å². The maximum absolute atomic E-state index is 12.0. The molecule has 33 heavy (non-hydrogen) atoms. The highest BCUT2D eigenvalue weighted by Crippen LogP contribution is 2.20. The van der Waals surface area contributed by atoms with Crippen LogP contribution in [0.5, 0.6) is 0 Å². The lowest BCUT2D eigenvalue weighted by molar-refractivity contribution is -0.138. The van der Waals surface area contributed by atoms with Gasteiger partial charge in [-0.3, -0.25) is 0 Å². The molecular formula is C29H15NO3. The number of rotatable bonds is 3. The van der Waals surface area contributed by atoms with E-state index in [4.69, 9.17) is 14.7 Å². The molecule has 154 valence electrons. The van der Waals surface area contributed by atoms with E-state index in [9.17, 15) is 4.79 Å². The minimum Gasteiger partial charge on any atom is -0.415 e. The van der Waals surface area contributed by atoms with Gasteiger partial charge in [-0.2, -0.15) is 5.26 Å². The molecule has 4 nitrogen and oxygen atoms in total. The molecule has 4 heteroatoms. The van der Waals surface area contributed by atoms with Crippen molar-refractivity contribution >= 4 is 22.5 Å². The van der Waals surface area contributed by atoms with Crippen molar-refractivity contribution in [1.29, 1.82) is 5.26 Å². The largest absolute Gasteiger partial charge is 0.415 e. The van der Waals surface area contributed by atoms with Gasteiger partial charge in [0.05, 0.1) is 18.2 Å². The fourth-order valence-electron chi connectivity index (χ4n) is 2.91. The number of carbonyl (C=O) groups is 1. The van der Waals surface area contributed by atoms with E-state index in [1.54, 1.807) is 18.2 Å². The van der Waals surface area contributed by atoms with Crippen LogP contribution in [0, 0.1) is 23.2 Å². The van der Waals surface area contributed by atoms with Crippen LogP contribution in [0.15, 0.2) is 95.9 Å². The Bertz CT molecular complexity index is 1560. The summed E-state index contributed by atoms with van der Waals surface area (Å²) in [6.45, 7) is 3.74. The first-order valence-corrected chi connectivity index (χ1v) is 9.96. The molecule has 3 aromatic rings. The average molecular weight is 425 g/mol. The van der Waals surface area contributed by atoms with Crippen LogP contribution in [0.2, 0.25) is 0 Å². The summed E-state index contributed by atoms with van der Waals surface area (Å²) in [6.07, 6.45) is -0.534. The summed E-state index contributed by atoms with van der Waals surface area (Å²) in [5.74, 6) is 5.99. The fraction of sp³-hybridized carbons (Fsp3) is 0.0690. The van der Waals surface area contributed by atoms with Crippen LogP contribution in [0.3, 0.4) is 0 Å². The molecule has 1 saturated heterocycles. The quantitative estimate of drug-likeness (QED) is 0.199. The number of benzene rings is 3. The highest BCUT2D eigenvalue weighted by atomic mass is 16.6. The van der Waals surface area contributed by atoms with Crippen LogP contribution >= 0.6 is 0 Å². The second-order valence-corrected chi connectivity index (χ2v) is 6.96. The Balaban J connectivity index is 1.59. The number of hydrogen-bond acceptors (Lipinski definition) is 4. The highest BCUT2D eigenvalue weighted by Gasteiger charge is 2.34. The Morgan fingerprint density at radius 2 is 1.55 bits per heavy atom. The van der Waals surface area contributed by atoms with Gasteiger partial charge in [0.1, 0.15) is 0 Å². The number of fused-ring (bicyclic) bond motifs is 1. The summed E-state index contributed by atoms with van der Waals surface area (Å²) in [5.41, 5.74) is 15.8. The smallest absolute Gasteiger partial charge is 0.343 e. The lowest BCUT2D eigenvalue weighted by Gasteiger charge is -2.05. The Hall–Kier alpha value is -4.96. The molecule has 1 atom stereocenters. The molecule has 0 N–H and O–H groups in total. The van der Waals surface area contributed by atoms with Crippen molar-refractivity contribution in [3.8, 4) is 17.9 Å². The molecule has 1 fully saturated rings. The Morgan fingerprint density at radius 3 is 2.21 bits per heavy atom. The summed E-state index contributed by atoms with van der Waals surface area (Å²) in [6, 6.07) is 20.8. The summed E-state index contributed by atoms with van der Waals surface area (Å²) >= 11 is 0. The van der Waals surface area contributed by atoms with Crippen LogP contribution in [-0.4, -0.2) is 18.7 Å². The fourth-order valence-corrected chi connectivity index (χ4v) is 2.91. The molecule has 1 heterocycles. The van der Waals surface area contributed by atoms with E-state index in [1.807, 2.05) is 42.5 Å². The van der Waals surface area contributed by atoms with Gasteiger partial charge in [-0.1, -0.05) is 29.7 Å². The average Bonchev–Trinajstić information content (AvgIpc) is 3.70. The van der Waals surface area contributed by atoms with Crippen LogP contribution < -0.4 is 0 Å². The van der Waals surface area contributed by atoms with Crippen molar-refractivity contribution in [3.63, 3.8) is 0 Å². The van der Waals surface area contributed by atoms with Gasteiger partial charge in [-0.05, 0) is 88.8 Å². The van der Waals surface area contributed by atoms with Crippen molar-refractivity contribution in [3.05, 3.63) is 118 Å². The van der Waals surface area contributed by atoms with Gasteiger partial charge in [-0.15, -0.1) is 0 Å². The van der Waals surface area contributed by atoms with Crippen molar-refractivity contribution in [2.24, 2.45) is 0 Å². The molecule has 1 aliphatic rings. The zero-order chi connectivity index (χ0) is 23.0. The Kier molecular flexibility index (Phi) is 6.38. The topological polar surface area (TPSA) is 62.6 Å². The van der Waals surface area contributed by atoms with E-state index in [2.05, 4.69) is 53.1 Å². The third-order valence-corrected chi connectivity index (χ3v) is 4.66. The maximum Gasteiger partial charge on any atom is 0.343 e. The minimum atomic E-state index is -0.534. The van der Waals surface area contributed by atoms with Gasteiger partial charge < -0.3 is 9.47 Å². The van der Waals surface area contributed by atoms with E-state index >= 15 is 0 Å². The highest BCUT2D eigenvalue weighted by molar-refractivity contribution is 5.85. The number of nitrogens with zero attached hydrogens (tertiary/aromatic N) is 1. The molecule has 1 unspecified atom stereocenters. The van der Waals surface area contributed by atoms with E-state index in [0.717, 1.165) is 21.9 Å². The number of carbonyl (C=O) groups excluding carboxylic acids is 1. The Morgan fingerprint density at radius 1 is 0.909 bits per heavy atom. The molecule has 0 spiro atoms. The number of esters is 1.